The van der Waals surface area contributed by atoms with E-state index in [2.05, 4.69) is 6.58 Å². The second kappa shape index (κ2) is 8.47. The smallest absolute Gasteiger partial charge is 0.298 e. The lowest BCUT2D eigenvalue weighted by Gasteiger charge is -2.34. The van der Waals surface area contributed by atoms with E-state index in [1.165, 1.54) is 12.1 Å². The summed E-state index contributed by atoms with van der Waals surface area (Å²) in [4.78, 5) is 14.7. The molecule has 1 aromatic carbocycles. The molecule has 1 aromatic rings. The molecular formula is C19H26F3NO. The molecule has 0 unspecified atom stereocenters. The number of carbonyl (C=O) groups is 1. The van der Waals surface area contributed by atoms with Crippen LogP contribution >= 0.6 is 0 Å². The fraction of sp³-hybridized carbons (Fsp3) is 0.526. The fourth-order valence-corrected chi connectivity index (χ4v) is 2.67. The van der Waals surface area contributed by atoms with Gasteiger partial charge in [0.05, 0.1) is 11.6 Å². The number of carbonyl (C=O) groups excluding carboxylic acids is 1. The number of nitrogens with zero attached hydrogens (tertiary/aromatic N) is 1. The Morgan fingerprint density at radius 2 is 1.71 bits per heavy atom. The van der Waals surface area contributed by atoms with Gasteiger partial charge in [0.2, 0.25) is 0 Å². The summed E-state index contributed by atoms with van der Waals surface area (Å²) >= 11 is 0. The lowest BCUT2D eigenvalue weighted by atomic mass is 9.93. The number of rotatable bonds is 8. The Bertz CT molecular complexity index is 547. The quantitative estimate of drug-likeness (QED) is 0.637. The molecule has 0 aliphatic heterocycles. The summed E-state index contributed by atoms with van der Waals surface area (Å²) in [7, 11) is 0. The van der Waals surface area contributed by atoms with Crippen LogP contribution < -0.4 is 0 Å². The molecular weight excluding hydrogens is 315 g/mol. The second-order valence-electron chi connectivity index (χ2n) is 6.55. The Morgan fingerprint density at radius 3 is 2.08 bits per heavy atom. The van der Waals surface area contributed by atoms with Gasteiger partial charge in [-0.3, -0.25) is 9.69 Å². The number of hydrogen-bond donors (Lipinski definition) is 0. The molecule has 0 N–H and O–H groups in total. The Balaban J connectivity index is 3.08. The van der Waals surface area contributed by atoms with E-state index < -0.39 is 11.7 Å². The van der Waals surface area contributed by atoms with Crippen LogP contribution in [0.4, 0.5) is 13.2 Å². The van der Waals surface area contributed by atoms with Crippen LogP contribution in [0, 0.1) is 5.92 Å². The van der Waals surface area contributed by atoms with Crippen molar-refractivity contribution in [1.82, 2.24) is 4.90 Å². The Labute approximate surface area is 142 Å². The van der Waals surface area contributed by atoms with Crippen LogP contribution in [-0.2, 0) is 17.4 Å². The van der Waals surface area contributed by atoms with Crippen molar-refractivity contribution in [3.8, 4) is 0 Å². The third kappa shape index (κ3) is 5.48. The van der Waals surface area contributed by atoms with Gasteiger partial charge in [0, 0.05) is 18.5 Å². The van der Waals surface area contributed by atoms with E-state index in [4.69, 9.17) is 0 Å². The molecule has 0 aliphatic carbocycles. The summed E-state index contributed by atoms with van der Waals surface area (Å²) in [6.45, 7) is 12.0. The normalized spacial score (nSPS) is 13.6. The molecule has 0 fully saturated rings. The van der Waals surface area contributed by atoms with Crippen molar-refractivity contribution in [2.45, 2.75) is 52.4 Å². The van der Waals surface area contributed by atoms with Gasteiger partial charge < -0.3 is 0 Å². The van der Waals surface area contributed by atoms with Gasteiger partial charge >= 0.3 is 6.18 Å². The van der Waals surface area contributed by atoms with Gasteiger partial charge in [-0.05, 0) is 38.0 Å². The summed E-state index contributed by atoms with van der Waals surface area (Å²) in [6, 6.07) is 4.80. The van der Waals surface area contributed by atoms with E-state index >= 15 is 0 Å². The van der Waals surface area contributed by atoms with E-state index in [1.807, 2.05) is 32.6 Å². The molecule has 24 heavy (non-hydrogen) atoms. The number of halogens is 3. The van der Waals surface area contributed by atoms with E-state index in [-0.39, 0.29) is 23.8 Å². The average molecular weight is 341 g/mol. The highest BCUT2D eigenvalue weighted by Crippen LogP contribution is 2.29. The largest absolute Gasteiger partial charge is 0.416 e. The van der Waals surface area contributed by atoms with Gasteiger partial charge in [0.25, 0.3) is 0 Å². The van der Waals surface area contributed by atoms with Crippen LogP contribution in [0.2, 0.25) is 0 Å². The first-order valence-corrected chi connectivity index (χ1v) is 8.14. The Morgan fingerprint density at radius 1 is 1.17 bits per heavy atom. The SMILES string of the molecule is C=CCN(C(C)C)[C@@H](Cc1ccc(C(F)(F)F)cc1)C(=O)C(C)C. The van der Waals surface area contributed by atoms with E-state index in [0.29, 0.717) is 13.0 Å². The van der Waals surface area contributed by atoms with Crippen LogP contribution in [-0.4, -0.2) is 29.3 Å². The third-order valence-corrected chi connectivity index (χ3v) is 4.01. The van der Waals surface area contributed by atoms with Gasteiger partial charge in [0.15, 0.2) is 5.78 Å². The van der Waals surface area contributed by atoms with Gasteiger partial charge in [-0.25, -0.2) is 0 Å². The maximum Gasteiger partial charge on any atom is 0.416 e. The van der Waals surface area contributed by atoms with Crippen molar-refractivity contribution in [3.63, 3.8) is 0 Å². The third-order valence-electron chi connectivity index (χ3n) is 4.01. The summed E-state index contributed by atoms with van der Waals surface area (Å²) < 4.78 is 38.0. The van der Waals surface area contributed by atoms with Gasteiger partial charge in [-0.1, -0.05) is 32.1 Å². The monoisotopic (exact) mass is 341 g/mol. The first kappa shape index (κ1) is 20.4. The molecule has 0 saturated heterocycles. The summed E-state index contributed by atoms with van der Waals surface area (Å²) in [6.07, 6.45) is -2.22. The zero-order chi connectivity index (χ0) is 18.5. The highest BCUT2D eigenvalue weighted by atomic mass is 19.4. The standard InChI is InChI=1S/C19H26F3NO/c1-6-11-23(14(4)5)17(18(24)13(2)3)12-15-7-9-16(10-8-15)19(20,21)22/h6-10,13-14,17H,1,11-12H2,2-5H3/t17-/m0/s1. The summed E-state index contributed by atoms with van der Waals surface area (Å²) in [5.74, 6) is -0.0547. The van der Waals surface area contributed by atoms with Crippen LogP contribution in [0.15, 0.2) is 36.9 Å². The van der Waals surface area contributed by atoms with Gasteiger partial charge in [-0.2, -0.15) is 13.2 Å². The highest BCUT2D eigenvalue weighted by molar-refractivity contribution is 5.86. The van der Waals surface area contributed by atoms with Crippen molar-refractivity contribution in [3.05, 3.63) is 48.0 Å². The lowest BCUT2D eigenvalue weighted by molar-refractivity contribution is -0.137. The highest BCUT2D eigenvalue weighted by Gasteiger charge is 2.31. The molecule has 5 heteroatoms. The average Bonchev–Trinajstić information content (AvgIpc) is 2.49. The molecule has 0 aliphatic rings. The number of benzene rings is 1. The predicted octanol–water partition coefficient (Wildman–Crippen LogP) is 4.74. The van der Waals surface area contributed by atoms with Gasteiger partial charge in [-0.15, -0.1) is 6.58 Å². The minimum atomic E-state index is -4.35. The molecule has 0 aromatic heterocycles. The number of hydrogen-bond acceptors (Lipinski definition) is 2. The molecule has 1 atom stereocenters. The molecule has 0 bridgehead atoms. The molecule has 0 radical (unpaired) electrons. The number of alkyl halides is 3. The zero-order valence-corrected chi connectivity index (χ0v) is 14.7. The molecule has 134 valence electrons. The Hall–Kier alpha value is -1.62. The van der Waals surface area contributed by atoms with Crippen LogP contribution in [0.5, 0.6) is 0 Å². The molecule has 2 nitrogen and oxygen atoms in total. The second-order valence-corrected chi connectivity index (χ2v) is 6.55. The zero-order valence-electron chi connectivity index (χ0n) is 14.7. The minimum Gasteiger partial charge on any atom is -0.298 e. The fourth-order valence-electron chi connectivity index (χ4n) is 2.67. The first-order valence-electron chi connectivity index (χ1n) is 8.14. The predicted molar refractivity (Wildman–Crippen MR) is 90.8 cm³/mol. The van der Waals surface area contributed by atoms with E-state index in [9.17, 15) is 18.0 Å². The van der Waals surface area contributed by atoms with Crippen molar-refractivity contribution < 1.29 is 18.0 Å². The van der Waals surface area contributed by atoms with Crippen LogP contribution in [0.3, 0.4) is 0 Å². The topological polar surface area (TPSA) is 20.3 Å². The Kier molecular flexibility index (Phi) is 7.21. The van der Waals surface area contributed by atoms with E-state index in [1.54, 1.807) is 6.08 Å². The van der Waals surface area contributed by atoms with Crippen LogP contribution in [0.25, 0.3) is 0 Å². The lowest BCUT2D eigenvalue weighted by Crippen LogP contribution is -2.48. The summed E-state index contributed by atoms with van der Waals surface area (Å²) in [5, 5.41) is 0. The maximum atomic E-state index is 12.7. The molecule has 0 spiro atoms. The summed E-state index contributed by atoms with van der Waals surface area (Å²) in [5.41, 5.74) is 0.0431. The van der Waals surface area contributed by atoms with Crippen molar-refractivity contribution >= 4 is 5.78 Å². The van der Waals surface area contributed by atoms with Crippen molar-refractivity contribution in [1.29, 1.82) is 0 Å². The molecule has 0 heterocycles. The van der Waals surface area contributed by atoms with Crippen LogP contribution in [0.1, 0.15) is 38.8 Å². The van der Waals surface area contributed by atoms with Crippen molar-refractivity contribution in [2.24, 2.45) is 5.92 Å². The number of ketones is 1. The molecule has 1 rings (SSSR count). The minimum absolute atomic E-state index is 0.0884. The van der Waals surface area contributed by atoms with Crippen molar-refractivity contribution in [2.75, 3.05) is 6.54 Å². The first-order chi connectivity index (χ1) is 11.1. The van der Waals surface area contributed by atoms with E-state index in [0.717, 1.165) is 17.7 Å². The number of Topliss-reactive ketones (excluding diaryl/α,β-unsaturated/α-hetero) is 1. The van der Waals surface area contributed by atoms with Gasteiger partial charge in [0.1, 0.15) is 0 Å². The maximum absolute atomic E-state index is 12.7. The molecule has 0 saturated carbocycles. The molecule has 0 amide bonds.